The van der Waals surface area contributed by atoms with Gasteiger partial charge in [0, 0.05) is 6.42 Å². The molecular weight excluding hydrogens is 759 g/mol. The van der Waals surface area contributed by atoms with Crippen molar-refractivity contribution in [2.24, 2.45) is 0 Å². The number of aliphatic hydroxyl groups is 2. The van der Waals surface area contributed by atoms with Crippen molar-refractivity contribution in [3.63, 3.8) is 0 Å². The van der Waals surface area contributed by atoms with Gasteiger partial charge in [-0.3, -0.25) is 4.79 Å². The van der Waals surface area contributed by atoms with Gasteiger partial charge in [0.2, 0.25) is 5.91 Å². The number of unbranched alkanes of at least 4 members (excludes halogenated alkanes) is 44. The fraction of sp³-hybridized carbons (Fsp3) is 0.914. The van der Waals surface area contributed by atoms with Gasteiger partial charge in [0.1, 0.15) is 0 Å². The predicted molar refractivity (Wildman–Crippen MR) is 276 cm³/mol. The van der Waals surface area contributed by atoms with Crippen LogP contribution in [0.15, 0.2) is 24.3 Å². The van der Waals surface area contributed by atoms with Crippen LogP contribution in [-0.2, 0) is 4.79 Å². The van der Waals surface area contributed by atoms with Gasteiger partial charge < -0.3 is 15.5 Å². The largest absolute Gasteiger partial charge is 0.394 e. The topological polar surface area (TPSA) is 69.6 Å². The number of amides is 1. The van der Waals surface area contributed by atoms with Crippen LogP contribution in [0.1, 0.15) is 322 Å². The predicted octanol–water partition coefficient (Wildman–Crippen LogP) is 18.7. The summed E-state index contributed by atoms with van der Waals surface area (Å²) in [6.07, 6.45) is 72.1. The smallest absolute Gasteiger partial charge is 0.220 e. The average Bonchev–Trinajstić information content (AvgIpc) is 3.28. The molecule has 0 aromatic rings. The molecule has 4 heteroatoms. The monoisotopic (exact) mass is 872 g/mol. The van der Waals surface area contributed by atoms with Crippen LogP contribution in [0, 0.1) is 0 Å². The Labute approximate surface area is 389 Å². The Morgan fingerprint density at radius 2 is 0.613 bits per heavy atom. The molecule has 0 rings (SSSR count). The molecule has 0 aromatic carbocycles. The van der Waals surface area contributed by atoms with Crippen LogP contribution in [0.5, 0.6) is 0 Å². The lowest BCUT2D eigenvalue weighted by Crippen LogP contribution is -2.45. The molecule has 0 saturated heterocycles. The van der Waals surface area contributed by atoms with Gasteiger partial charge in [0.15, 0.2) is 0 Å². The SMILES string of the molecule is CCCCCCCC/C=C\CCCCCCCCCCCC(=O)NC(CO)C(O)/C=C/CCCCCCCCCCCCCCCCCCCCCCCCCCCCCCC. The molecule has 2 unspecified atom stereocenters. The molecule has 3 N–H and O–H groups in total. The van der Waals surface area contributed by atoms with E-state index in [1.807, 2.05) is 6.08 Å². The van der Waals surface area contributed by atoms with Crippen LogP contribution in [0.4, 0.5) is 0 Å². The van der Waals surface area contributed by atoms with Crippen LogP contribution in [0.2, 0.25) is 0 Å². The maximum Gasteiger partial charge on any atom is 0.220 e. The molecule has 0 saturated carbocycles. The molecule has 62 heavy (non-hydrogen) atoms. The van der Waals surface area contributed by atoms with Gasteiger partial charge in [-0.2, -0.15) is 0 Å². The summed E-state index contributed by atoms with van der Waals surface area (Å²) in [4.78, 5) is 12.5. The minimum Gasteiger partial charge on any atom is -0.394 e. The summed E-state index contributed by atoms with van der Waals surface area (Å²) in [6, 6.07) is -0.622. The molecule has 1 amide bonds. The summed E-state index contributed by atoms with van der Waals surface area (Å²) in [5.74, 6) is -0.0617. The molecule has 0 spiro atoms. The van der Waals surface area contributed by atoms with E-state index in [1.165, 1.54) is 276 Å². The fourth-order valence-corrected chi connectivity index (χ4v) is 9.06. The van der Waals surface area contributed by atoms with Gasteiger partial charge in [-0.15, -0.1) is 0 Å². The Kier molecular flexibility index (Phi) is 53.2. The third kappa shape index (κ3) is 49.9. The quantitative estimate of drug-likeness (QED) is 0.0421. The van der Waals surface area contributed by atoms with Crippen molar-refractivity contribution in [2.75, 3.05) is 6.61 Å². The number of allylic oxidation sites excluding steroid dienone is 3. The summed E-state index contributed by atoms with van der Waals surface area (Å²) in [5, 5.41) is 23.2. The molecular formula is C58H113NO3. The van der Waals surface area contributed by atoms with Gasteiger partial charge in [-0.25, -0.2) is 0 Å². The highest BCUT2D eigenvalue weighted by atomic mass is 16.3. The van der Waals surface area contributed by atoms with E-state index in [1.54, 1.807) is 6.08 Å². The number of rotatable bonds is 53. The summed E-state index contributed by atoms with van der Waals surface area (Å²) >= 11 is 0. The lowest BCUT2D eigenvalue weighted by atomic mass is 10.0. The number of hydrogen-bond acceptors (Lipinski definition) is 3. The second kappa shape index (κ2) is 54.2. The molecule has 0 heterocycles. The van der Waals surface area contributed by atoms with E-state index in [2.05, 4.69) is 31.3 Å². The molecule has 0 aliphatic heterocycles. The Hall–Kier alpha value is -1.13. The molecule has 368 valence electrons. The second-order valence-corrected chi connectivity index (χ2v) is 19.7. The van der Waals surface area contributed by atoms with Gasteiger partial charge in [-0.1, -0.05) is 295 Å². The van der Waals surface area contributed by atoms with Crippen molar-refractivity contribution in [1.82, 2.24) is 5.32 Å². The standard InChI is InChI=1S/C58H113NO3/c1-3-5-7-9-11-13-15-17-19-21-23-24-25-26-27-28-29-30-31-32-33-34-36-37-39-41-43-45-47-49-51-53-57(61)56(55-60)59-58(62)54-52-50-48-46-44-42-40-38-35-22-20-18-16-14-12-10-8-6-4-2/h18,20,51,53,56-57,60-61H,3-17,19,21-50,52,54-55H2,1-2H3,(H,59,62)/b20-18-,53-51+. The Balaban J connectivity index is 3.44. The van der Waals surface area contributed by atoms with Crippen LogP contribution in [-0.4, -0.2) is 34.9 Å². The molecule has 4 nitrogen and oxygen atoms in total. The summed E-state index contributed by atoms with van der Waals surface area (Å²) in [7, 11) is 0. The van der Waals surface area contributed by atoms with Gasteiger partial charge in [0.25, 0.3) is 0 Å². The molecule has 2 atom stereocenters. The third-order valence-corrected chi connectivity index (χ3v) is 13.4. The van der Waals surface area contributed by atoms with Crippen LogP contribution in [0.25, 0.3) is 0 Å². The van der Waals surface area contributed by atoms with Crippen LogP contribution < -0.4 is 5.32 Å². The number of carbonyl (C=O) groups is 1. The molecule has 0 fully saturated rings. The maximum atomic E-state index is 12.5. The van der Waals surface area contributed by atoms with Crippen molar-refractivity contribution in [2.45, 2.75) is 334 Å². The molecule has 0 radical (unpaired) electrons. The molecule has 0 aromatic heterocycles. The number of nitrogens with one attached hydrogen (secondary N) is 1. The highest BCUT2D eigenvalue weighted by Crippen LogP contribution is 2.18. The number of carbonyl (C=O) groups excluding carboxylic acids is 1. The first kappa shape index (κ1) is 60.9. The lowest BCUT2D eigenvalue weighted by Gasteiger charge is -2.20. The van der Waals surface area contributed by atoms with E-state index < -0.39 is 12.1 Å². The third-order valence-electron chi connectivity index (χ3n) is 13.4. The summed E-state index contributed by atoms with van der Waals surface area (Å²) in [5.41, 5.74) is 0. The summed E-state index contributed by atoms with van der Waals surface area (Å²) in [6.45, 7) is 4.34. The summed E-state index contributed by atoms with van der Waals surface area (Å²) < 4.78 is 0. The average molecular weight is 873 g/mol. The van der Waals surface area contributed by atoms with Crippen LogP contribution in [0.3, 0.4) is 0 Å². The Morgan fingerprint density at radius 1 is 0.371 bits per heavy atom. The first-order valence-corrected chi connectivity index (χ1v) is 28.6. The zero-order valence-corrected chi connectivity index (χ0v) is 42.4. The first-order chi connectivity index (χ1) is 30.7. The van der Waals surface area contributed by atoms with E-state index in [0.29, 0.717) is 6.42 Å². The minimum atomic E-state index is -0.839. The van der Waals surface area contributed by atoms with E-state index in [0.717, 1.165) is 25.7 Å². The van der Waals surface area contributed by atoms with E-state index in [4.69, 9.17) is 0 Å². The second-order valence-electron chi connectivity index (χ2n) is 19.7. The molecule has 0 aliphatic rings. The van der Waals surface area contributed by atoms with Crippen molar-refractivity contribution in [1.29, 1.82) is 0 Å². The number of aliphatic hydroxyl groups excluding tert-OH is 2. The van der Waals surface area contributed by atoms with Crippen molar-refractivity contribution >= 4 is 5.91 Å². The van der Waals surface area contributed by atoms with Gasteiger partial charge >= 0.3 is 0 Å². The zero-order valence-electron chi connectivity index (χ0n) is 42.4. The Morgan fingerprint density at radius 3 is 0.887 bits per heavy atom. The lowest BCUT2D eigenvalue weighted by molar-refractivity contribution is -0.123. The zero-order chi connectivity index (χ0) is 44.9. The van der Waals surface area contributed by atoms with E-state index >= 15 is 0 Å². The molecule has 0 aliphatic carbocycles. The minimum absolute atomic E-state index is 0.0617. The van der Waals surface area contributed by atoms with Gasteiger partial charge in [0.05, 0.1) is 18.8 Å². The van der Waals surface area contributed by atoms with E-state index in [9.17, 15) is 15.0 Å². The van der Waals surface area contributed by atoms with Crippen molar-refractivity contribution in [3.05, 3.63) is 24.3 Å². The normalized spacial score (nSPS) is 12.9. The first-order valence-electron chi connectivity index (χ1n) is 28.6. The van der Waals surface area contributed by atoms with Gasteiger partial charge in [-0.05, 0) is 44.9 Å². The fourth-order valence-electron chi connectivity index (χ4n) is 9.06. The van der Waals surface area contributed by atoms with Crippen molar-refractivity contribution in [3.8, 4) is 0 Å². The van der Waals surface area contributed by atoms with Crippen molar-refractivity contribution < 1.29 is 15.0 Å². The van der Waals surface area contributed by atoms with Crippen LogP contribution >= 0.6 is 0 Å². The highest BCUT2D eigenvalue weighted by Gasteiger charge is 2.18. The number of hydrogen-bond donors (Lipinski definition) is 3. The highest BCUT2D eigenvalue weighted by molar-refractivity contribution is 5.76. The molecule has 0 bridgehead atoms. The Bertz CT molecular complexity index is 901. The van der Waals surface area contributed by atoms with E-state index in [-0.39, 0.29) is 12.5 Å². The maximum absolute atomic E-state index is 12.5.